The van der Waals surface area contributed by atoms with Gasteiger partial charge in [0.05, 0.1) is 11.3 Å². The first-order chi connectivity index (χ1) is 15.3. The number of para-hydroxylation sites is 1. The zero-order valence-electron chi connectivity index (χ0n) is 16.7. The van der Waals surface area contributed by atoms with Gasteiger partial charge < -0.3 is 24.1 Å². The van der Waals surface area contributed by atoms with Crippen molar-refractivity contribution in [2.75, 3.05) is 17.9 Å². The van der Waals surface area contributed by atoms with Crippen LogP contribution < -0.4 is 19.5 Å². The van der Waals surface area contributed by atoms with Crippen LogP contribution in [0.2, 0.25) is 0 Å². The summed E-state index contributed by atoms with van der Waals surface area (Å²) in [5.74, 6) is 1.15. The molecule has 168 valence electrons. The Morgan fingerprint density at radius 1 is 1.19 bits per heavy atom. The average Bonchev–Trinajstić information content (AvgIpc) is 3.39. The number of hydrogen-bond acceptors (Lipinski definition) is 7. The Balaban J connectivity index is 1.40. The lowest BCUT2D eigenvalue weighted by Gasteiger charge is -2.10. The van der Waals surface area contributed by atoms with Gasteiger partial charge in [-0.15, -0.1) is 23.4 Å². The molecule has 1 aliphatic heterocycles. The Bertz CT molecular complexity index is 1120. The highest BCUT2D eigenvalue weighted by Crippen LogP contribution is 2.41. The van der Waals surface area contributed by atoms with Crippen LogP contribution in [0, 0.1) is 0 Å². The number of benzene rings is 2. The van der Waals surface area contributed by atoms with Crippen molar-refractivity contribution in [1.82, 2.24) is 14.8 Å². The molecule has 32 heavy (non-hydrogen) atoms. The number of alkyl halides is 3. The van der Waals surface area contributed by atoms with Gasteiger partial charge in [-0.3, -0.25) is 4.79 Å². The first-order valence-corrected chi connectivity index (χ1v) is 10.4. The maximum atomic E-state index is 12.3. The summed E-state index contributed by atoms with van der Waals surface area (Å²) in [4.78, 5) is 12.3. The van der Waals surface area contributed by atoms with Crippen LogP contribution in [0.3, 0.4) is 0 Å². The maximum Gasteiger partial charge on any atom is 0.573 e. The van der Waals surface area contributed by atoms with Gasteiger partial charge in [-0.2, -0.15) is 0 Å². The van der Waals surface area contributed by atoms with Crippen molar-refractivity contribution in [2.45, 2.75) is 25.0 Å². The molecule has 0 saturated carbocycles. The fraction of sp³-hybridized carbons (Fsp3) is 0.250. The smallest absolute Gasteiger partial charge is 0.454 e. The minimum Gasteiger partial charge on any atom is -0.454 e. The van der Waals surface area contributed by atoms with Crippen LogP contribution >= 0.6 is 11.8 Å². The first kappa shape index (κ1) is 21.8. The number of rotatable bonds is 7. The van der Waals surface area contributed by atoms with Gasteiger partial charge in [0.2, 0.25) is 12.7 Å². The van der Waals surface area contributed by atoms with E-state index in [-0.39, 0.29) is 24.2 Å². The van der Waals surface area contributed by atoms with Crippen molar-refractivity contribution >= 4 is 23.4 Å². The van der Waals surface area contributed by atoms with Crippen LogP contribution in [-0.2, 0) is 11.3 Å². The summed E-state index contributed by atoms with van der Waals surface area (Å²) in [5, 5.41) is 11.6. The molecule has 0 saturated heterocycles. The minimum atomic E-state index is -4.77. The van der Waals surface area contributed by atoms with Crippen molar-refractivity contribution in [2.24, 2.45) is 0 Å². The molecule has 0 spiro atoms. The van der Waals surface area contributed by atoms with Gasteiger partial charge >= 0.3 is 6.36 Å². The second kappa shape index (κ2) is 8.99. The van der Waals surface area contributed by atoms with Gasteiger partial charge in [0.15, 0.2) is 22.5 Å². The molecule has 1 N–H and O–H groups in total. The van der Waals surface area contributed by atoms with E-state index in [4.69, 9.17) is 9.47 Å². The summed E-state index contributed by atoms with van der Waals surface area (Å²) in [6.45, 7) is 2.64. The van der Waals surface area contributed by atoms with Gasteiger partial charge in [-0.25, -0.2) is 0 Å². The van der Waals surface area contributed by atoms with Crippen LogP contribution in [0.15, 0.2) is 47.6 Å². The van der Waals surface area contributed by atoms with Crippen LogP contribution in [0.5, 0.6) is 17.2 Å². The quantitative estimate of drug-likeness (QED) is 0.519. The largest absolute Gasteiger partial charge is 0.573 e. The van der Waals surface area contributed by atoms with Crippen molar-refractivity contribution < 1.29 is 32.2 Å². The Hall–Kier alpha value is -3.41. The lowest BCUT2D eigenvalue weighted by molar-refractivity contribution is -0.274. The highest BCUT2D eigenvalue weighted by molar-refractivity contribution is 7.99. The number of hydrogen-bond donors (Lipinski definition) is 1. The number of halogens is 3. The standard InChI is InChI=1S/C20H17F3N4O4S/c1-2-27-18(14-4-3-5-15-17(14)30-11-29-15)25-26-19(27)32-10-16(28)24-12-6-8-13(9-7-12)31-20(21,22)23/h3-9H,2,10-11H2,1H3,(H,24,28). The summed E-state index contributed by atoms with van der Waals surface area (Å²) < 4.78 is 53.3. The number of nitrogens with zero attached hydrogens (tertiary/aromatic N) is 3. The number of carbonyl (C=O) groups excluding carboxylic acids is 1. The van der Waals surface area contributed by atoms with Gasteiger partial charge in [0.25, 0.3) is 0 Å². The van der Waals surface area contributed by atoms with Crippen molar-refractivity contribution in [1.29, 1.82) is 0 Å². The molecule has 0 unspecified atom stereocenters. The number of thioether (sulfide) groups is 1. The number of anilines is 1. The van der Waals surface area contributed by atoms with Gasteiger partial charge in [0, 0.05) is 12.2 Å². The molecule has 1 aromatic heterocycles. The number of fused-ring (bicyclic) bond motifs is 1. The lowest BCUT2D eigenvalue weighted by Crippen LogP contribution is -2.17. The molecule has 3 aromatic rings. The van der Waals surface area contributed by atoms with Gasteiger partial charge in [-0.1, -0.05) is 17.8 Å². The Kier molecular flexibility index (Phi) is 6.12. The molecule has 8 nitrogen and oxygen atoms in total. The molecule has 0 fully saturated rings. The third-order valence-electron chi connectivity index (χ3n) is 4.37. The molecule has 0 atom stereocenters. The average molecular weight is 466 g/mol. The number of ether oxygens (including phenoxy) is 3. The van der Waals surface area contributed by atoms with E-state index >= 15 is 0 Å². The molecular formula is C20H17F3N4O4S. The molecule has 1 aliphatic rings. The Morgan fingerprint density at radius 2 is 1.97 bits per heavy atom. The summed E-state index contributed by atoms with van der Waals surface area (Å²) in [6, 6.07) is 10.4. The first-order valence-electron chi connectivity index (χ1n) is 9.44. The van der Waals surface area contributed by atoms with Crippen molar-refractivity contribution in [3.8, 4) is 28.6 Å². The fourth-order valence-electron chi connectivity index (χ4n) is 3.05. The molecule has 0 radical (unpaired) electrons. The normalized spacial score (nSPS) is 12.6. The predicted molar refractivity (Wildman–Crippen MR) is 110 cm³/mol. The van der Waals surface area contributed by atoms with E-state index in [1.165, 1.54) is 23.9 Å². The van der Waals surface area contributed by atoms with E-state index in [0.29, 0.717) is 34.7 Å². The van der Waals surface area contributed by atoms with E-state index in [2.05, 4.69) is 20.3 Å². The number of aromatic nitrogens is 3. The molecule has 2 aromatic carbocycles. The predicted octanol–water partition coefficient (Wildman–Crippen LogP) is 4.32. The Labute approximate surface area is 184 Å². The summed E-state index contributed by atoms with van der Waals surface area (Å²) in [6.07, 6.45) is -4.77. The van der Waals surface area contributed by atoms with Gasteiger partial charge in [-0.05, 0) is 43.3 Å². The molecule has 2 heterocycles. The third-order valence-corrected chi connectivity index (χ3v) is 5.34. The third kappa shape index (κ3) is 4.90. The zero-order chi connectivity index (χ0) is 22.7. The molecular weight excluding hydrogens is 449 g/mol. The Morgan fingerprint density at radius 3 is 2.69 bits per heavy atom. The number of amides is 1. The highest BCUT2D eigenvalue weighted by Gasteiger charge is 2.31. The van der Waals surface area contributed by atoms with Crippen LogP contribution in [0.25, 0.3) is 11.4 Å². The minimum absolute atomic E-state index is 0.0332. The summed E-state index contributed by atoms with van der Waals surface area (Å²) in [5.41, 5.74) is 1.09. The van der Waals surface area contributed by atoms with Gasteiger partial charge in [0.1, 0.15) is 5.75 Å². The van der Waals surface area contributed by atoms with Crippen LogP contribution in [0.4, 0.5) is 18.9 Å². The van der Waals surface area contributed by atoms with E-state index in [9.17, 15) is 18.0 Å². The maximum absolute atomic E-state index is 12.3. The molecule has 4 rings (SSSR count). The van der Waals surface area contributed by atoms with E-state index in [1.807, 2.05) is 23.6 Å². The second-order valence-corrected chi connectivity index (χ2v) is 7.44. The van der Waals surface area contributed by atoms with E-state index < -0.39 is 6.36 Å². The topological polar surface area (TPSA) is 87.5 Å². The molecule has 1 amide bonds. The van der Waals surface area contributed by atoms with E-state index in [1.54, 1.807) is 6.07 Å². The van der Waals surface area contributed by atoms with Crippen LogP contribution in [-0.4, -0.2) is 39.6 Å². The molecule has 0 aliphatic carbocycles. The van der Waals surface area contributed by atoms with E-state index in [0.717, 1.165) is 17.7 Å². The number of nitrogens with one attached hydrogen (secondary N) is 1. The van der Waals surface area contributed by atoms with Crippen molar-refractivity contribution in [3.63, 3.8) is 0 Å². The zero-order valence-corrected chi connectivity index (χ0v) is 17.5. The second-order valence-electron chi connectivity index (χ2n) is 6.50. The monoisotopic (exact) mass is 466 g/mol. The number of carbonyl (C=O) groups is 1. The fourth-order valence-corrected chi connectivity index (χ4v) is 3.86. The highest BCUT2D eigenvalue weighted by atomic mass is 32.2. The lowest BCUT2D eigenvalue weighted by atomic mass is 10.1. The molecule has 12 heteroatoms. The summed E-state index contributed by atoms with van der Waals surface area (Å²) >= 11 is 1.19. The van der Waals surface area contributed by atoms with Crippen LogP contribution in [0.1, 0.15) is 6.92 Å². The SMILES string of the molecule is CCn1c(SCC(=O)Nc2ccc(OC(F)(F)F)cc2)nnc1-c1cccc2c1OCO2. The van der Waals surface area contributed by atoms with Crippen molar-refractivity contribution in [3.05, 3.63) is 42.5 Å². The molecule has 0 bridgehead atoms. The summed E-state index contributed by atoms with van der Waals surface area (Å²) in [7, 11) is 0.